The average Bonchev–Trinajstić information content (AvgIpc) is 3.10. The molecular weight excluding hydrogens is 322 g/mol. The molecule has 1 amide bonds. The van der Waals surface area contributed by atoms with E-state index in [4.69, 9.17) is 18.9 Å². The van der Waals surface area contributed by atoms with Gasteiger partial charge in [0, 0.05) is 19.4 Å². The minimum Gasteiger partial charge on any atom is -0.491 e. The number of carbonyl (C=O) groups is 1. The largest absolute Gasteiger partial charge is 0.491 e. The molecule has 1 aromatic rings. The van der Waals surface area contributed by atoms with Crippen molar-refractivity contribution in [2.24, 2.45) is 5.92 Å². The van der Waals surface area contributed by atoms with Gasteiger partial charge in [0.25, 0.3) is 5.91 Å². The average molecular weight is 351 g/mol. The van der Waals surface area contributed by atoms with E-state index in [-0.39, 0.29) is 17.9 Å². The zero-order chi connectivity index (χ0) is 18.1. The van der Waals surface area contributed by atoms with Gasteiger partial charge in [-0.2, -0.15) is 0 Å². The third-order valence-corrected chi connectivity index (χ3v) is 4.03. The second-order valence-corrected chi connectivity index (χ2v) is 6.49. The van der Waals surface area contributed by atoms with Crippen LogP contribution in [0.25, 0.3) is 0 Å². The van der Waals surface area contributed by atoms with E-state index in [2.05, 4.69) is 5.32 Å². The summed E-state index contributed by atoms with van der Waals surface area (Å²) in [6.07, 6.45) is 1.67. The normalized spacial score (nSPS) is 18.3. The molecule has 0 saturated carbocycles. The van der Waals surface area contributed by atoms with Gasteiger partial charge >= 0.3 is 0 Å². The molecule has 25 heavy (non-hydrogen) atoms. The van der Waals surface area contributed by atoms with Crippen molar-refractivity contribution >= 4 is 11.6 Å². The maximum Gasteiger partial charge on any atom is 0.253 e. The lowest BCUT2D eigenvalue weighted by atomic mass is 10.1. The van der Waals surface area contributed by atoms with E-state index < -0.39 is 6.10 Å². The van der Waals surface area contributed by atoms with E-state index in [1.54, 1.807) is 7.11 Å². The van der Waals surface area contributed by atoms with Crippen LogP contribution in [0.3, 0.4) is 0 Å². The SMILES string of the molecule is COCCOc1ccc(NC(=O)[C@@H](OC[C@@H]2CCCO2)C(C)C)cc1. The first kappa shape index (κ1) is 19.7. The van der Waals surface area contributed by atoms with Gasteiger partial charge in [-0.1, -0.05) is 13.8 Å². The van der Waals surface area contributed by atoms with Crippen molar-refractivity contribution in [3.05, 3.63) is 24.3 Å². The maximum absolute atomic E-state index is 12.5. The van der Waals surface area contributed by atoms with Gasteiger partial charge in [-0.25, -0.2) is 0 Å². The number of ether oxygens (including phenoxy) is 4. The highest BCUT2D eigenvalue weighted by Gasteiger charge is 2.25. The third-order valence-electron chi connectivity index (χ3n) is 4.03. The topological polar surface area (TPSA) is 66.0 Å². The Morgan fingerprint density at radius 1 is 1.28 bits per heavy atom. The summed E-state index contributed by atoms with van der Waals surface area (Å²) in [5, 5.41) is 2.91. The van der Waals surface area contributed by atoms with Crippen molar-refractivity contribution in [2.75, 3.05) is 38.9 Å². The molecule has 2 atom stereocenters. The lowest BCUT2D eigenvalue weighted by Gasteiger charge is -2.22. The Morgan fingerprint density at radius 3 is 2.64 bits per heavy atom. The summed E-state index contributed by atoms with van der Waals surface area (Å²) in [6.45, 7) is 6.23. The molecule has 0 unspecified atom stereocenters. The van der Waals surface area contributed by atoms with Gasteiger partial charge in [-0.05, 0) is 43.0 Å². The lowest BCUT2D eigenvalue weighted by molar-refractivity contribution is -0.132. The summed E-state index contributed by atoms with van der Waals surface area (Å²) < 4.78 is 21.8. The van der Waals surface area contributed by atoms with Crippen molar-refractivity contribution in [1.82, 2.24) is 0 Å². The number of carbonyl (C=O) groups excluding carboxylic acids is 1. The minimum absolute atomic E-state index is 0.0815. The number of nitrogens with one attached hydrogen (secondary N) is 1. The molecule has 1 aliphatic rings. The van der Waals surface area contributed by atoms with E-state index in [0.29, 0.717) is 19.8 Å². The first-order chi connectivity index (χ1) is 12.1. The van der Waals surface area contributed by atoms with Crippen LogP contribution in [0.15, 0.2) is 24.3 Å². The Bertz CT molecular complexity index is 511. The summed E-state index contributed by atoms with van der Waals surface area (Å²) in [4.78, 5) is 12.5. The fraction of sp³-hybridized carbons (Fsp3) is 0.632. The van der Waals surface area contributed by atoms with Crippen molar-refractivity contribution < 1.29 is 23.7 Å². The van der Waals surface area contributed by atoms with Gasteiger partial charge < -0.3 is 24.3 Å². The Labute approximate surface area is 149 Å². The smallest absolute Gasteiger partial charge is 0.253 e. The molecule has 0 aliphatic carbocycles. The summed E-state index contributed by atoms with van der Waals surface area (Å²) in [7, 11) is 1.63. The van der Waals surface area contributed by atoms with Crippen molar-refractivity contribution in [3.8, 4) is 5.75 Å². The highest BCUT2D eigenvalue weighted by atomic mass is 16.5. The molecule has 1 aromatic carbocycles. The zero-order valence-electron chi connectivity index (χ0n) is 15.3. The first-order valence-electron chi connectivity index (χ1n) is 8.86. The molecule has 1 fully saturated rings. The summed E-state index contributed by atoms with van der Waals surface area (Å²) in [5.41, 5.74) is 0.718. The van der Waals surface area contributed by atoms with Crippen molar-refractivity contribution in [3.63, 3.8) is 0 Å². The van der Waals surface area contributed by atoms with Gasteiger partial charge in [0.05, 0.1) is 19.3 Å². The molecule has 2 rings (SSSR count). The van der Waals surface area contributed by atoms with Crippen molar-refractivity contribution in [1.29, 1.82) is 0 Å². The predicted octanol–water partition coefficient (Wildman–Crippen LogP) is 2.87. The molecule has 0 radical (unpaired) electrons. The molecule has 0 spiro atoms. The standard InChI is InChI=1S/C19H29NO5/c1-14(2)18(25-13-17-5-4-10-23-17)19(21)20-15-6-8-16(9-7-15)24-12-11-22-3/h6-9,14,17-18H,4-5,10-13H2,1-3H3,(H,20,21)/t17-,18-/m0/s1. The van der Waals surface area contributed by atoms with Gasteiger partial charge in [-0.3, -0.25) is 4.79 Å². The number of hydrogen-bond donors (Lipinski definition) is 1. The van der Waals surface area contributed by atoms with Gasteiger partial charge in [0.2, 0.25) is 0 Å². The number of methoxy groups -OCH3 is 1. The number of rotatable bonds is 10. The van der Waals surface area contributed by atoms with Gasteiger partial charge in [0.1, 0.15) is 18.5 Å². The van der Waals surface area contributed by atoms with Crippen LogP contribution in [0.1, 0.15) is 26.7 Å². The van der Waals surface area contributed by atoms with Crippen LogP contribution in [0.2, 0.25) is 0 Å². The molecule has 1 N–H and O–H groups in total. The monoisotopic (exact) mass is 351 g/mol. The van der Waals surface area contributed by atoms with E-state index in [0.717, 1.165) is 30.9 Å². The molecule has 6 nitrogen and oxygen atoms in total. The van der Waals surface area contributed by atoms with E-state index in [9.17, 15) is 4.79 Å². The molecule has 140 valence electrons. The summed E-state index contributed by atoms with van der Waals surface area (Å²) in [6, 6.07) is 7.28. The quantitative estimate of drug-likeness (QED) is 0.657. The van der Waals surface area contributed by atoms with E-state index >= 15 is 0 Å². The van der Waals surface area contributed by atoms with Gasteiger partial charge in [0.15, 0.2) is 0 Å². The molecule has 6 heteroatoms. The molecule has 1 saturated heterocycles. The second kappa shape index (κ2) is 10.4. The van der Waals surface area contributed by atoms with Crippen LogP contribution >= 0.6 is 0 Å². The predicted molar refractivity (Wildman–Crippen MR) is 96.0 cm³/mol. The summed E-state index contributed by atoms with van der Waals surface area (Å²) >= 11 is 0. The minimum atomic E-state index is -0.498. The number of hydrogen-bond acceptors (Lipinski definition) is 5. The summed E-state index contributed by atoms with van der Waals surface area (Å²) in [5.74, 6) is 0.684. The lowest BCUT2D eigenvalue weighted by Crippen LogP contribution is -2.36. The van der Waals surface area contributed by atoms with Crippen LogP contribution in [-0.2, 0) is 19.0 Å². The van der Waals surface area contributed by atoms with E-state index in [1.165, 1.54) is 0 Å². The Kier molecular flexibility index (Phi) is 8.18. The van der Waals surface area contributed by atoms with Crippen LogP contribution in [-0.4, -0.2) is 51.7 Å². The van der Waals surface area contributed by atoms with Crippen molar-refractivity contribution in [2.45, 2.75) is 38.9 Å². The van der Waals surface area contributed by atoms with E-state index in [1.807, 2.05) is 38.1 Å². The second-order valence-electron chi connectivity index (χ2n) is 6.49. The Balaban J connectivity index is 1.84. The van der Waals surface area contributed by atoms with Crippen LogP contribution in [0, 0.1) is 5.92 Å². The number of benzene rings is 1. The highest BCUT2D eigenvalue weighted by molar-refractivity contribution is 5.94. The molecule has 0 bridgehead atoms. The Morgan fingerprint density at radius 2 is 2.04 bits per heavy atom. The molecule has 1 heterocycles. The third kappa shape index (κ3) is 6.65. The highest BCUT2D eigenvalue weighted by Crippen LogP contribution is 2.19. The fourth-order valence-corrected chi connectivity index (χ4v) is 2.65. The van der Waals surface area contributed by atoms with Crippen LogP contribution in [0.4, 0.5) is 5.69 Å². The maximum atomic E-state index is 12.5. The van der Waals surface area contributed by atoms with Gasteiger partial charge in [-0.15, -0.1) is 0 Å². The fourth-order valence-electron chi connectivity index (χ4n) is 2.65. The zero-order valence-corrected chi connectivity index (χ0v) is 15.3. The Hall–Kier alpha value is -1.63. The molecule has 0 aromatic heterocycles. The van der Waals surface area contributed by atoms with Crippen LogP contribution in [0.5, 0.6) is 5.75 Å². The molecule has 1 aliphatic heterocycles. The molecular formula is C19H29NO5. The first-order valence-corrected chi connectivity index (χ1v) is 8.86. The number of amides is 1. The van der Waals surface area contributed by atoms with Crippen LogP contribution < -0.4 is 10.1 Å². The number of anilines is 1.